The minimum absolute atomic E-state index is 0.00941. The second-order valence-corrected chi connectivity index (χ2v) is 5.99. The molecule has 26 heavy (non-hydrogen) atoms. The molecule has 1 aromatic carbocycles. The van der Waals surface area contributed by atoms with Gasteiger partial charge in [0.05, 0.1) is 24.7 Å². The zero-order valence-corrected chi connectivity index (χ0v) is 14.8. The van der Waals surface area contributed by atoms with Crippen molar-refractivity contribution in [3.63, 3.8) is 0 Å². The molecule has 0 bridgehead atoms. The van der Waals surface area contributed by atoms with E-state index in [2.05, 4.69) is 14.8 Å². The lowest BCUT2D eigenvalue weighted by atomic mass is 10.1. The van der Waals surface area contributed by atoms with Gasteiger partial charge in [0.1, 0.15) is 15.4 Å². The van der Waals surface area contributed by atoms with Gasteiger partial charge in [-0.05, 0) is 18.6 Å². The van der Waals surface area contributed by atoms with E-state index >= 15 is 0 Å². The van der Waals surface area contributed by atoms with Crippen LogP contribution in [0, 0.1) is 17.0 Å². The molecule has 0 aliphatic carbocycles. The fourth-order valence-electron chi connectivity index (χ4n) is 2.23. The third-order valence-electron chi connectivity index (χ3n) is 3.48. The van der Waals surface area contributed by atoms with E-state index < -0.39 is 22.8 Å². The summed E-state index contributed by atoms with van der Waals surface area (Å²) in [6.45, 7) is 1.51. The average Bonchev–Trinajstić information content (AvgIpc) is 2.96. The van der Waals surface area contributed by atoms with Crippen LogP contribution in [0.25, 0.3) is 0 Å². The van der Waals surface area contributed by atoms with Crippen LogP contribution in [0.2, 0.25) is 0 Å². The highest BCUT2D eigenvalue weighted by Crippen LogP contribution is 2.34. The number of nitrogens with one attached hydrogen (secondary N) is 1. The number of para-hydroxylation sites is 1. The topological polar surface area (TPSA) is 125 Å². The molecule has 0 radical (unpaired) electrons. The molecule has 2 aromatic rings. The first-order valence-electron chi connectivity index (χ1n) is 7.16. The van der Waals surface area contributed by atoms with Crippen LogP contribution in [-0.2, 0) is 9.47 Å². The van der Waals surface area contributed by atoms with Crippen LogP contribution in [0.4, 0.5) is 10.7 Å². The number of nitrogens with zero attached hydrogens (tertiary/aromatic N) is 1. The molecule has 136 valence electrons. The molecular formula is C16H14N2O7S. The number of methoxy groups -OCH3 is 2. The molecule has 0 saturated carbocycles. The van der Waals surface area contributed by atoms with Crippen LogP contribution in [0.15, 0.2) is 24.3 Å². The highest BCUT2D eigenvalue weighted by Gasteiger charge is 2.28. The number of carbonyl (C=O) groups excluding carboxylic acids is 3. The first kappa shape index (κ1) is 19.1. The number of anilines is 1. The molecule has 0 aliphatic heterocycles. The predicted octanol–water partition coefficient (Wildman–Crippen LogP) is 2.79. The number of hydrogen-bond acceptors (Lipinski definition) is 8. The molecule has 1 N–H and O–H groups in total. The third kappa shape index (κ3) is 3.54. The van der Waals surface area contributed by atoms with Crippen molar-refractivity contribution in [1.29, 1.82) is 0 Å². The number of esters is 2. The van der Waals surface area contributed by atoms with Crippen molar-refractivity contribution < 1.29 is 28.8 Å². The number of ether oxygens (including phenoxy) is 2. The predicted molar refractivity (Wildman–Crippen MR) is 92.8 cm³/mol. The molecule has 1 amide bonds. The number of rotatable bonds is 5. The Morgan fingerprint density at radius 2 is 1.73 bits per heavy atom. The molecular weight excluding hydrogens is 364 g/mol. The van der Waals surface area contributed by atoms with Crippen molar-refractivity contribution in [2.24, 2.45) is 0 Å². The van der Waals surface area contributed by atoms with Crippen molar-refractivity contribution in [3.8, 4) is 0 Å². The Morgan fingerprint density at radius 1 is 1.12 bits per heavy atom. The van der Waals surface area contributed by atoms with Crippen molar-refractivity contribution in [3.05, 3.63) is 55.9 Å². The maximum atomic E-state index is 12.5. The highest BCUT2D eigenvalue weighted by atomic mass is 32.1. The molecule has 0 aliphatic rings. The minimum Gasteiger partial charge on any atom is -0.465 e. The van der Waals surface area contributed by atoms with E-state index in [0.717, 1.165) is 18.4 Å². The van der Waals surface area contributed by atoms with Gasteiger partial charge in [0, 0.05) is 6.07 Å². The molecule has 9 nitrogen and oxygen atoms in total. The highest BCUT2D eigenvalue weighted by molar-refractivity contribution is 7.18. The summed E-state index contributed by atoms with van der Waals surface area (Å²) in [5, 5.41) is 13.6. The summed E-state index contributed by atoms with van der Waals surface area (Å²) >= 11 is 0.823. The minimum atomic E-state index is -0.792. The second kappa shape index (κ2) is 7.74. The Bertz CT molecular complexity index is 904. The van der Waals surface area contributed by atoms with Crippen molar-refractivity contribution >= 4 is 39.9 Å². The SMILES string of the molecule is COC(=O)c1sc(NC(=O)c2ccccc2[N+](=O)[O-])c(C(=O)OC)c1C. The lowest BCUT2D eigenvalue weighted by molar-refractivity contribution is -0.385. The summed E-state index contributed by atoms with van der Waals surface area (Å²) in [5.41, 5.74) is -0.290. The van der Waals surface area contributed by atoms with Crippen molar-refractivity contribution in [2.45, 2.75) is 6.92 Å². The van der Waals surface area contributed by atoms with E-state index in [-0.39, 0.29) is 32.3 Å². The quantitative estimate of drug-likeness (QED) is 0.482. The van der Waals surface area contributed by atoms with Crippen molar-refractivity contribution in [1.82, 2.24) is 0 Å². The number of carbonyl (C=O) groups is 3. The fraction of sp³-hybridized carbons (Fsp3) is 0.188. The first-order valence-corrected chi connectivity index (χ1v) is 7.98. The number of hydrogen-bond donors (Lipinski definition) is 1. The molecule has 0 fully saturated rings. The van der Waals surface area contributed by atoms with E-state index in [4.69, 9.17) is 0 Å². The van der Waals surface area contributed by atoms with Crippen LogP contribution in [0.5, 0.6) is 0 Å². The Labute approximate surface area is 151 Å². The molecule has 0 saturated heterocycles. The van der Waals surface area contributed by atoms with Crippen molar-refractivity contribution in [2.75, 3.05) is 19.5 Å². The molecule has 1 heterocycles. The first-order chi connectivity index (χ1) is 12.3. The molecule has 10 heteroatoms. The van der Waals surface area contributed by atoms with Crippen LogP contribution in [0.1, 0.15) is 36.0 Å². The smallest absolute Gasteiger partial charge is 0.348 e. The summed E-state index contributed by atoms with van der Waals surface area (Å²) in [6.07, 6.45) is 0. The standard InChI is InChI=1S/C16H14N2O7S/c1-8-11(15(20)24-2)14(26-12(8)16(21)25-3)17-13(19)9-6-4-5-7-10(9)18(22)23/h4-7H,1-3H3,(H,17,19). The number of nitro groups is 1. The van der Waals surface area contributed by atoms with Gasteiger partial charge in [-0.1, -0.05) is 12.1 Å². The number of benzene rings is 1. The van der Waals surface area contributed by atoms with Gasteiger partial charge < -0.3 is 14.8 Å². The Kier molecular flexibility index (Phi) is 5.68. The third-order valence-corrected chi connectivity index (χ3v) is 4.67. The zero-order chi connectivity index (χ0) is 19.4. The van der Waals surface area contributed by atoms with Gasteiger partial charge in [-0.25, -0.2) is 9.59 Å². The van der Waals surface area contributed by atoms with Gasteiger partial charge in [-0.3, -0.25) is 14.9 Å². The summed E-state index contributed by atoms with van der Waals surface area (Å²) < 4.78 is 9.35. The lowest BCUT2D eigenvalue weighted by Crippen LogP contribution is -2.15. The summed E-state index contributed by atoms with van der Waals surface area (Å²) in [6, 6.07) is 5.38. The Balaban J connectivity index is 2.49. The van der Waals surface area contributed by atoms with Crippen LogP contribution >= 0.6 is 11.3 Å². The molecule has 0 atom stereocenters. The maximum Gasteiger partial charge on any atom is 0.348 e. The molecule has 1 aromatic heterocycles. The van der Waals surface area contributed by atoms with E-state index in [9.17, 15) is 24.5 Å². The van der Waals surface area contributed by atoms with E-state index in [1.165, 1.54) is 38.3 Å². The summed E-state index contributed by atoms with van der Waals surface area (Å²) in [7, 11) is 2.34. The van der Waals surface area contributed by atoms with Gasteiger partial charge in [0.25, 0.3) is 11.6 Å². The van der Waals surface area contributed by atoms with E-state index in [1.807, 2.05) is 0 Å². The van der Waals surface area contributed by atoms with Gasteiger partial charge in [-0.15, -0.1) is 11.3 Å². The van der Waals surface area contributed by atoms with Gasteiger partial charge >= 0.3 is 11.9 Å². The number of thiophene rings is 1. The van der Waals surface area contributed by atoms with Gasteiger partial charge in [0.2, 0.25) is 0 Å². The summed E-state index contributed by atoms with van der Waals surface area (Å²) in [4.78, 5) is 46.9. The normalized spacial score (nSPS) is 10.1. The van der Waals surface area contributed by atoms with Crippen LogP contribution in [-0.4, -0.2) is 37.0 Å². The molecule has 0 unspecified atom stereocenters. The van der Waals surface area contributed by atoms with Crippen LogP contribution in [0.3, 0.4) is 0 Å². The maximum absolute atomic E-state index is 12.5. The fourth-order valence-corrected chi connectivity index (χ4v) is 3.34. The largest absolute Gasteiger partial charge is 0.465 e. The number of nitro benzene ring substituents is 1. The van der Waals surface area contributed by atoms with E-state index in [0.29, 0.717) is 0 Å². The Morgan fingerprint density at radius 3 is 2.31 bits per heavy atom. The molecule has 0 spiro atoms. The Hall–Kier alpha value is -3.27. The monoisotopic (exact) mass is 378 g/mol. The van der Waals surface area contributed by atoms with Gasteiger partial charge in [-0.2, -0.15) is 0 Å². The number of amides is 1. The van der Waals surface area contributed by atoms with Gasteiger partial charge in [0.15, 0.2) is 0 Å². The zero-order valence-electron chi connectivity index (χ0n) is 14.0. The van der Waals surface area contributed by atoms with Crippen LogP contribution < -0.4 is 5.32 Å². The average molecular weight is 378 g/mol. The van der Waals surface area contributed by atoms with E-state index in [1.54, 1.807) is 0 Å². The second-order valence-electron chi connectivity index (χ2n) is 4.97. The molecule has 2 rings (SSSR count). The summed E-state index contributed by atoms with van der Waals surface area (Å²) in [5.74, 6) is -2.23. The lowest BCUT2D eigenvalue weighted by Gasteiger charge is -2.06.